The molecule has 0 aliphatic carbocycles. The zero-order chi connectivity index (χ0) is 15.0. The smallest absolute Gasteiger partial charge is 0.119 e. The molecule has 0 saturated heterocycles. The third kappa shape index (κ3) is 2.38. The molecule has 0 aliphatic rings. The molecule has 106 valence electrons. The Morgan fingerprint density at radius 1 is 0.905 bits per heavy atom. The quantitative estimate of drug-likeness (QED) is 0.669. The Hall–Kier alpha value is -2.35. The molecule has 0 spiro atoms. The van der Waals surface area contributed by atoms with Crippen LogP contribution in [0.1, 0.15) is 16.7 Å². The van der Waals surface area contributed by atoms with Gasteiger partial charge in [0.05, 0.1) is 18.3 Å². The van der Waals surface area contributed by atoms with Crippen molar-refractivity contribution in [2.45, 2.75) is 20.8 Å². The fourth-order valence-electron chi connectivity index (χ4n) is 2.66. The maximum atomic E-state index is 5.29. The summed E-state index contributed by atoms with van der Waals surface area (Å²) in [5.74, 6) is 0.852. The van der Waals surface area contributed by atoms with Gasteiger partial charge in [-0.3, -0.25) is 0 Å². The number of fused-ring (bicyclic) bond motifs is 1. The lowest BCUT2D eigenvalue weighted by Crippen LogP contribution is -1.92. The summed E-state index contributed by atoms with van der Waals surface area (Å²) < 4.78 is 5.29. The average Bonchev–Trinajstić information content (AvgIpc) is 2.52. The highest BCUT2D eigenvalue weighted by molar-refractivity contribution is 5.86. The molecule has 0 fully saturated rings. The zero-order valence-electron chi connectivity index (χ0n) is 12.9. The predicted molar refractivity (Wildman–Crippen MR) is 87.9 cm³/mol. The van der Waals surface area contributed by atoms with Gasteiger partial charge in [-0.05, 0) is 61.7 Å². The number of aryl methyl sites for hydroxylation is 2. The van der Waals surface area contributed by atoms with Gasteiger partial charge in [-0.25, -0.2) is 4.98 Å². The first-order valence-corrected chi connectivity index (χ1v) is 7.12. The SMILES string of the molecule is COc1cccc(-c2ccc3c(C)c(C)c(C)cc3n2)c1. The number of ether oxygens (including phenoxy) is 1. The number of aromatic nitrogens is 1. The Labute approximate surface area is 125 Å². The number of rotatable bonds is 2. The van der Waals surface area contributed by atoms with Gasteiger partial charge in [0.25, 0.3) is 0 Å². The van der Waals surface area contributed by atoms with Crippen LogP contribution in [0.3, 0.4) is 0 Å². The van der Waals surface area contributed by atoms with Gasteiger partial charge in [-0.15, -0.1) is 0 Å². The van der Waals surface area contributed by atoms with Gasteiger partial charge in [0.2, 0.25) is 0 Å². The first-order valence-electron chi connectivity index (χ1n) is 7.12. The minimum Gasteiger partial charge on any atom is -0.497 e. The van der Waals surface area contributed by atoms with E-state index in [4.69, 9.17) is 9.72 Å². The van der Waals surface area contributed by atoms with Gasteiger partial charge in [0.1, 0.15) is 5.75 Å². The number of hydrogen-bond donors (Lipinski definition) is 0. The topological polar surface area (TPSA) is 22.1 Å². The Bertz CT molecular complexity index is 821. The van der Waals surface area contributed by atoms with Crippen LogP contribution in [0, 0.1) is 20.8 Å². The van der Waals surface area contributed by atoms with Crippen molar-refractivity contribution in [3.05, 3.63) is 59.2 Å². The van der Waals surface area contributed by atoms with E-state index in [1.165, 1.54) is 22.1 Å². The van der Waals surface area contributed by atoms with Crippen LogP contribution in [-0.4, -0.2) is 12.1 Å². The van der Waals surface area contributed by atoms with E-state index in [1.807, 2.05) is 18.2 Å². The highest BCUT2D eigenvalue weighted by atomic mass is 16.5. The molecule has 0 atom stereocenters. The fourth-order valence-corrected chi connectivity index (χ4v) is 2.66. The zero-order valence-corrected chi connectivity index (χ0v) is 12.9. The van der Waals surface area contributed by atoms with E-state index in [9.17, 15) is 0 Å². The number of hydrogen-bond acceptors (Lipinski definition) is 2. The van der Waals surface area contributed by atoms with Gasteiger partial charge in [0.15, 0.2) is 0 Å². The Morgan fingerprint density at radius 2 is 1.71 bits per heavy atom. The van der Waals surface area contributed by atoms with Gasteiger partial charge in [-0.1, -0.05) is 18.2 Å². The summed E-state index contributed by atoms with van der Waals surface area (Å²) >= 11 is 0. The van der Waals surface area contributed by atoms with Crippen molar-refractivity contribution in [3.63, 3.8) is 0 Å². The van der Waals surface area contributed by atoms with Crippen molar-refractivity contribution in [2.75, 3.05) is 7.11 Å². The molecule has 2 heteroatoms. The van der Waals surface area contributed by atoms with Crippen molar-refractivity contribution in [1.82, 2.24) is 4.98 Å². The maximum Gasteiger partial charge on any atom is 0.119 e. The van der Waals surface area contributed by atoms with Crippen molar-refractivity contribution < 1.29 is 4.74 Å². The van der Waals surface area contributed by atoms with Crippen LogP contribution in [-0.2, 0) is 0 Å². The molecule has 0 saturated carbocycles. The Morgan fingerprint density at radius 3 is 2.48 bits per heavy atom. The fraction of sp³-hybridized carbons (Fsp3) is 0.211. The van der Waals surface area contributed by atoms with E-state index < -0.39 is 0 Å². The number of nitrogens with zero attached hydrogens (tertiary/aromatic N) is 1. The van der Waals surface area contributed by atoms with E-state index in [0.717, 1.165) is 22.5 Å². The molecule has 3 aromatic rings. The van der Waals surface area contributed by atoms with Crippen molar-refractivity contribution in [1.29, 1.82) is 0 Å². The summed E-state index contributed by atoms with van der Waals surface area (Å²) in [5, 5.41) is 1.23. The second kappa shape index (κ2) is 5.21. The third-order valence-electron chi connectivity index (χ3n) is 4.20. The lowest BCUT2D eigenvalue weighted by atomic mass is 9.98. The van der Waals surface area contributed by atoms with E-state index in [-0.39, 0.29) is 0 Å². The predicted octanol–water partition coefficient (Wildman–Crippen LogP) is 4.84. The van der Waals surface area contributed by atoms with Crippen LogP contribution >= 0.6 is 0 Å². The average molecular weight is 277 g/mol. The van der Waals surface area contributed by atoms with Crippen LogP contribution in [0.25, 0.3) is 22.2 Å². The van der Waals surface area contributed by atoms with E-state index in [2.05, 4.69) is 45.0 Å². The molecular weight excluding hydrogens is 258 g/mol. The molecule has 1 heterocycles. The summed E-state index contributed by atoms with van der Waals surface area (Å²) in [6, 6.07) is 14.4. The van der Waals surface area contributed by atoms with Gasteiger partial charge < -0.3 is 4.74 Å². The van der Waals surface area contributed by atoms with Crippen LogP contribution in [0.2, 0.25) is 0 Å². The first-order chi connectivity index (χ1) is 10.1. The van der Waals surface area contributed by atoms with Gasteiger partial charge in [-0.2, -0.15) is 0 Å². The lowest BCUT2D eigenvalue weighted by Gasteiger charge is -2.11. The molecule has 0 radical (unpaired) electrons. The standard InChI is InChI=1S/C19H19NO/c1-12-10-19-17(14(3)13(12)2)8-9-18(20-19)15-6-5-7-16(11-15)21-4/h5-11H,1-4H3. The van der Waals surface area contributed by atoms with E-state index in [1.54, 1.807) is 7.11 Å². The molecule has 2 nitrogen and oxygen atoms in total. The molecule has 0 N–H and O–H groups in total. The molecule has 21 heavy (non-hydrogen) atoms. The Balaban J connectivity index is 2.19. The van der Waals surface area contributed by atoms with Gasteiger partial charge in [0, 0.05) is 10.9 Å². The van der Waals surface area contributed by atoms with Crippen LogP contribution < -0.4 is 4.74 Å². The Kier molecular flexibility index (Phi) is 3.38. The molecular formula is C19H19NO. The number of benzene rings is 2. The van der Waals surface area contributed by atoms with Crippen LogP contribution in [0.15, 0.2) is 42.5 Å². The third-order valence-corrected chi connectivity index (χ3v) is 4.20. The van der Waals surface area contributed by atoms with E-state index in [0.29, 0.717) is 0 Å². The summed E-state index contributed by atoms with van der Waals surface area (Å²) in [7, 11) is 1.68. The van der Waals surface area contributed by atoms with Crippen molar-refractivity contribution >= 4 is 10.9 Å². The second-order valence-corrected chi connectivity index (χ2v) is 5.44. The summed E-state index contributed by atoms with van der Waals surface area (Å²) in [6.45, 7) is 6.47. The van der Waals surface area contributed by atoms with Crippen LogP contribution in [0.4, 0.5) is 0 Å². The summed E-state index contributed by atoms with van der Waals surface area (Å²) in [6.07, 6.45) is 0. The molecule has 0 aliphatic heterocycles. The molecule has 1 aromatic heterocycles. The minimum absolute atomic E-state index is 0.852. The molecule has 0 amide bonds. The largest absolute Gasteiger partial charge is 0.497 e. The highest BCUT2D eigenvalue weighted by Crippen LogP contribution is 2.28. The second-order valence-electron chi connectivity index (χ2n) is 5.44. The van der Waals surface area contributed by atoms with Crippen LogP contribution in [0.5, 0.6) is 5.75 Å². The normalized spacial score (nSPS) is 10.9. The first kappa shape index (κ1) is 13.6. The molecule has 0 bridgehead atoms. The summed E-state index contributed by atoms with van der Waals surface area (Å²) in [5.41, 5.74) is 7.05. The molecule has 2 aromatic carbocycles. The van der Waals surface area contributed by atoms with Gasteiger partial charge >= 0.3 is 0 Å². The number of pyridine rings is 1. The highest BCUT2D eigenvalue weighted by Gasteiger charge is 2.07. The molecule has 0 unspecified atom stereocenters. The van der Waals surface area contributed by atoms with Crippen molar-refractivity contribution in [3.8, 4) is 17.0 Å². The lowest BCUT2D eigenvalue weighted by molar-refractivity contribution is 0.415. The monoisotopic (exact) mass is 277 g/mol. The molecule has 3 rings (SSSR count). The van der Waals surface area contributed by atoms with E-state index >= 15 is 0 Å². The summed E-state index contributed by atoms with van der Waals surface area (Å²) in [4.78, 5) is 4.83. The maximum absolute atomic E-state index is 5.29. The number of methoxy groups -OCH3 is 1. The van der Waals surface area contributed by atoms with Crippen molar-refractivity contribution in [2.24, 2.45) is 0 Å². The minimum atomic E-state index is 0.852.